The van der Waals surface area contributed by atoms with E-state index in [2.05, 4.69) is 17.6 Å². The van der Waals surface area contributed by atoms with E-state index >= 15 is 0 Å². The van der Waals surface area contributed by atoms with Gasteiger partial charge < -0.3 is 4.74 Å². The Morgan fingerprint density at radius 3 is 2.79 bits per heavy atom. The number of benzene rings is 1. The number of hydrogen-bond donors (Lipinski definition) is 0. The van der Waals surface area contributed by atoms with Gasteiger partial charge in [-0.2, -0.15) is 5.26 Å². The van der Waals surface area contributed by atoms with Crippen molar-refractivity contribution < 1.29 is 4.74 Å². The molecule has 3 aromatic rings. The predicted molar refractivity (Wildman–Crippen MR) is 92.9 cm³/mol. The van der Waals surface area contributed by atoms with E-state index in [-0.39, 0.29) is 17.8 Å². The summed E-state index contributed by atoms with van der Waals surface area (Å²) >= 11 is 0. The maximum Gasteiger partial charge on any atom is 0.259 e. The maximum absolute atomic E-state index is 12.8. The molecule has 0 aliphatic carbocycles. The van der Waals surface area contributed by atoms with Gasteiger partial charge in [0.25, 0.3) is 5.56 Å². The molecule has 5 nitrogen and oxygen atoms in total. The number of methoxy groups -OCH3 is 1. The fourth-order valence-electron chi connectivity index (χ4n) is 2.74. The zero-order valence-corrected chi connectivity index (χ0v) is 13.2. The molecule has 0 saturated carbocycles. The molecule has 0 unspecified atom stereocenters. The van der Waals surface area contributed by atoms with Crippen molar-refractivity contribution in [2.24, 2.45) is 0 Å². The minimum Gasteiger partial charge on any atom is -0.497 e. The highest BCUT2D eigenvalue weighted by Gasteiger charge is 2.18. The van der Waals surface area contributed by atoms with Crippen LogP contribution < -0.4 is 10.3 Å². The van der Waals surface area contributed by atoms with Crippen molar-refractivity contribution in [3.05, 3.63) is 71.3 Å². The Morgan fingerprint density at radius 1 is 1.33 bits per heavy atom. The number of allylic oxidation sites excluding steroid dienone is 1. The van der Waals surface area contributed by atoms with Crippen LogP contribution in [0, 0.1) is 11.3 Å². The van der Waals surface area contributed by atoms with Gasteiger partial charge in [-0.15, -0.1) is 6.58 Å². The minimum atomic E-state index is -0.233. The fraction of sp³-hybridized carbons (Fsp3) is 0.105. The number of rotatable bonds is 4. The molecule has 0 bridgehead atoms. The molecule has 5 heteroatoms. The molecule has 0 amide bonds. The van der Waals surface area contributed by atoms with Crippen molar-refractivity contribution in [2.75, 3.05) is 7.11 Å². The molecule has 0 radical (unpaired) electrons. The second kappa shape index (κ2) is 6.39. The minimum absolute atomic E-state index is 0.233. The Hall–Kier alpha value is -3.39. The largest absolute Gasteiger partial charge is 0.497 e. The van der Waals surface area contributed by atoms with Crippen molar-refractivity contribution in [3.8, 4) is 23.1 Å². The molecule has 3 rings (SSSR count). The smallest absolute Gasteiger partial charge is 0.259 e. The molecule has 0 N–H and O–H groups in total. The highest BCUT2D eigenvalue weighted by Crippen LogP contribution is 2.31. The molecular weight excluding hydrogens is 302 g/mol. The van der Waals surface area contributed by atoms with E-state index in [0.717, 1.165) is 0 Å². The zero-order chi connectivity index (χ0) is 17.1. The molecule has 1 aromatic carbocycles. The summed E-state index contributed by atoms with van der Waals surface area (Å²) in [5.74, 6) is 0.615. The Balaban J connectivity index is 2.54. The summed E-state index contributed by atoms with van der Waals surface area (Å²) in [6.07, 6.45) is 3.26. The van der Waals surface area contributed by atoms with Crippen LogP contribution in [-0.2, 0) is 6.54 Å². The standard InChI is InChI=1S/C19H15N3O2/c1-3-10-22-17(12-20)18(16-6-4-5-9-21-16)15-11-13(24-2)7-8-14(15)19(22)23/h3-9,11H,1,10H2,2H3. The van der Waals surface area contributed by atoms with Gasteiger partial charge in [0.15, 0.2) is 0 Å². The third-order valence-electron chi connectivity index (χ3n) is 3.82. The summed E-state index contributed by atoms with van der Waals surface area (Å²) in [6, 6.07) is 12.8. The molecule has 0 atom stereocenters. The average molecular weight is 317 g/mol. The van der Waals surface area contributed by atoms with Gasteiger partial charge in [-0.25, -0.2) is 0 Å². The third kappa shape index (κ3) is 2.44. The summed E-state index contributed by atoms with van der Waals surface area (Å²) in [7, 11) is 1.56. The Kier molecular flexibility index (Phi) is 4.13. The lowest BCUT2D eigenvalue weighted by Crippen LogP contribution is -2.23. The molecule has 2 aromatic heterocycles. The Morgan fingerprint density at radius 2 is 2.17 bits per heavy atom. The molecule has 0 aliphatic heterocycles. The number of nitriles is 1. The molecule has 0 saturated heterocycles. The summed E-state index contributed by atoms with van der Waals surface area (Å²) in [6.45, 7) is 3.93. The van der Waals surface area contributed by atoms with Crippen LogP contribution in [0.3, 0.4) is 0 Å². The van der Waals surface area contributed by atoms with E-state index in [1.807, 2.05) is 12.1 Å². The van der Waals surface area contributed by atoms with Gasteiger partial charge in [0, 0.05) is 29.1 Å². The van der Waals surface area contributed by atoms with E-state index in [9.17, 15) is 10.1 Å². The van der Waals surface area contributed by atoms with Gasteiger partial charge in [-0.05, 0) is 30.3 Å². The number of hydrogen-bond acceptors (Lipinski definition) is 4. The lowest BCUT2D eigenvalue weighted by Gasteiger charge is -2.15. The van der Waals surface area contributed by atoms with Crippen molar-refractivity contribution in [1.82, 2.24) is 9.55 Å². The summed E-state index contributed by atoms with van der Waals surface area (Å²) in [5.41, 5.74) is 1.28. The van der Waals surface area contributed by atoms with Crippen LogP contribution >= 0.6 is 0 Å². The molecule has 2 heterocycles. The molecular formula is C19H15N3O2. The van der Waals surface area contributed by atoms with Crippen molar-refractivity contribution >= 4 is 10.8 Å². The average Bonchev–Trinajstić information content (AvgIpc) is 2.64. The van der Waals surface area contributed by atoms with Crippen LogP contribution in [-0.4, -0.2) is 16.7 Å². The van der Waals surface area contributed by atoms with Gasteiger partial charge in [0.2, 0.25) is 0 Å². The van der Waals surface area contributed by atoms with E-state index in [4.69, 9.17) is 4.74 Å². The second-order valence-corrected chi connectivity index (χ2v) is 5.17. The number of pyridine rings is 2. The van der Waals surface area contributed by atoms with Crippen LogP contribution in [0.5, 0.6) is 5.75 Å². The van der Waals surface area contributed by atoms with Crippen LogP contribution in [0.2, 0.25) is 0 Å². The SMILES string of the molecule is C=CCn1c(C#N)c(-c2ccccn2)c2cc(OC)ccc2c1=O. The molecule has 118 valence electrons. The van der Waals surface area contributed by atoms with Gasteiger partial charge >= 0.3 is 0 Å². The highest BCUT2D eigenvalue weighted by molar-refractivity contribution is 5.98. The Bertz CT molecular complexity index is 1010. The number of fused-ring (bicyclic) bond motifs is 1. The normalized spacial score (nSPS) is 10.3. The van der Waals surface area contributed by atoms with Gasteiger partial charge in [0.1, 0.15) is 17.5 Å². The predicted octanol–water partition coefficient (Wildman–Crippen LogP) is 3.13. The van der Waals surface area contributed by atoms with Crippen LogP contribution in [0.25, 0.3) is 22.0 Å². The van der Waals surface area contributed by atoms with Gasteiger partial charge in [-0.3, -0.25) is 14.3 Å². The first-order valence-corrected chi connectivity index (χ1v) is 7.38. The van der Waals surface area contributed by atoms with Crippen molar-refractivity contribution in [2.45, 2.75) is 6.54 Å². The summed E-state index contributed by atoms with van der Waals surface area (Å²) in [5, 5.41) is 10.9. The topological polar surface area (TPSA) is 67.9 Å². The fourth-order valence-corrected chi connectivity index (χ4v) is 2.74. The maximum atomic E-state index is 12.8. The van der Waals surface area contributed by atoms with E-state index in [0.29, 0.717) is 27.8 Å². The van der Waals surface area contributed by atoms with Crippen molar-refractivity contribution in [1.29, 1.82) is 5.26 Å². The van der Waals surface area contributed by atoms with Crippen LogP contribution in [0.15, 0.2) is 60.0 Å². The first-order valence-electron chi connectivity index (χ1n) is 7.38. The second-order valence-electron chi connectivity index (χ2n) is 5.17. The number of ether oxygens (including phenoxy) is 1. The molecule has 0 fully saturated rings. The lowest BCUT2D eigenvalue weighted by atomic mass is 10.00. The van der Waals surface area contributed by atoms with E-state index in [1.54, 1.807) is 43.6 Å². The first-order chi connectivity index (χ1) is 11.7. The first kappa shape index (κ1) is 15.5. The van der Waals surface area contributed by atoms with Crippen LogP contribution in [0.4, 0.5) is 0 Å². The lowest BCUT2D eigenvalue weighted by molar-refractivity contribution is 0.415. The Labute approximate surface area is 139 Å². The summed E-state index contributed by atoms with van der Waals surface area (Å²) < 4.78 is 6.70. The van der Waals surface area contributed by atoms with E-state index < -0.39 is 0 Å². The molecule has 24 heavy (non-hydrogen) atoms. The quantitative estimate of drug-likeness (QED) is 0.693. The van der Waals surface area contributed by atoms with Crippen molar-refractivity contribution in [3.63, 3.8) is 0 Å². The molecule has 0 spiro atoms. The number of aromatic nitrogens is 2. The third-order valence-corrected chi connectivity index (χ3v) is 3.82. The van der Waals surface area contributed by atoms with Gasteiger partial charge in [0.05, 0.1) is 12.8 Å². The van der Waals surface area contributed by atoms with Crippen LogP contribution in [0.1, 0.15) is 5.69 Å². The monoisotopic (exact) mass is 317 g/mol. The molecule has 0 aliphatic rings. The zero-order valence-electron chi connectivity index (χ0n) is 13.2. The summed E-state index contributed by atoms with van der Waals surface area (Å²) in [4.78, 5) is 17.1. The van der Waals surface area contributed by atoms with E-state index in [1.165, 1.54) is 4.57 Å². The highest BCUT2D eigenvalue weighted by atomic mass is 16.5. The number of nitrogens with zero attached hydrogens (tertiary/aromatic N) is 3. The van der Waals surface area contributed by atoms with Gasteiger partial charge in [-0.1, -0.05) is 12.1 Å².